The van der Waals surface area contributed by atoms with Gasteiger partial charge in [0.1, 0.15) is 5.75 Å². The molecule has 1 aromatic heterocycles. The molecule has 6 heteroatoms. The van der Waals surface area contributed by atoms with Crippen LogP contribution in [0.1, 0.15) is 12.5 Å². The first-order valence-corrected chi connectivity index (χ1v) is 9.83. The minimum atomic E-state index is -0.497. The fraction of sp³-hybridized carbons (Fsp3) is 0.312. The van der Waals surface area contributed by atoms with Gasteiger partial charge in [-0.1, -0.05) is 15.9 Å². The minimum absolute atomic E-state index is 0.0842. The summed E-state index contributed by atoms with van der Waals surface area (Å²) < 4.78 is 6.59. The van der Waals surface area contributed by atoms with Crippen LogP contribution in [0.15, 0.2) is 45.6 Å². The molecule has 1 atom stereocenters. The molecule has 0 aliphatic rings. The summed E-state index contributed by atoms with van der Waals surface area (Å²) in [5.41, 5.74) is 1.34. The fourth-order valence-electron chi connectivity index (χ4n) is 1.73. The number of ether oxygens (including phenoxy) is 1. The smallest absolute Gasteiger partial charge is 0.260 e. The molecule has 0 bridgehead atoms. The Hall–Kier alpha value is -0.980. The number of hydrogen-bond donors (Lipinski definition) is 1. The number of hydrogen-bond acceptors (Lipinski definition) is 4. The summed E-state index contributed by atoms with van der Waals surface area (Å²) in [7, 11) is 0. The molecule has 3 nitrogen and oxygen atoms in total. The zero-order chi connectivity index (χ0) is 15.8. The fourth-order valence-corrected chi connectivity index (χ4v) is 3.57. The zero-order valence-electron chi connectivity index (χ0n) is 12.3. The number of carbonyl (C=O) groups excluding carboxylic acids is 1. The first-order valence-electron chi connectivity index (χ1n) is 6.94. The molecule has 0 saturated heterocycles. The number of rotatable bonds is 8. The Morgan fingerprint density at radius 3 is 2.82 bits per heavy atom. The van der Waals surface area contributed by atoms with E-state index in [1.165, 1.54) is 5.56 Å². The quantitative estimate of drug-likeness (QED) is 0.671. The Morgan fingerprint density at radius 2 is 2.14 bits per heavy atom. The standard InChI is InChI=1S/C16H18BrNO2S2/c1-12(20-15-4-2-14(17)3-5-15)16(19)18-7-9-22-11-13-6-8-21-10-13/h2-6,8,10,12H,7,9,11H2,1H3,(H,18,19). The van der Waals surface area contributed by atoms with Crippen LogP contribution in [0.4, 0.5) is 0 Å². The van der Waals surface area contributed by atoms with Crippen LogP contribution in [-0.2, 0) is 10.5 Å². The SMILES string of the molecule is CC(Oc1ccc(Br)cc1)C(=O)NCCSCc1ccsc1. The lowest BCUT2D eigenvalue weighted by Crippen LogP contribution is -2.37. The van der Waals surface area contributed by atoms with Crippen molar-refractivity contribution in [3.05, 3.63) is 51.1 Å². The van der Waals surface area contributed by atoms with E-state index in [0.717, 1.165) is 16.0 Å². The second-order valence-electron chi connectivity index (χ2n) is 4.69. The number of thiophene rings is 1. The largest absolute Gasteiger partial charge is 0.481 e. The van der Waals surface area contributed by atoms with Gasteiger partial charge in [0.2, 0.25) is 0 Å². The van der Waals surface area contributed by atoms with E-state index in [1.807, 2.05) is 36.0 Å². The van der Waals surface area contributed by atoms with Gasteiger partial charge in [0.05, 0.1) is 0 Å². The predicted octanol–water partition coefficient (Wildman–Crippen LogP) is 4.33. The second-order valence-corrected chi connectivity index (χ2v) is 7.49. The van der Waals surface area contributed by atoms with Crippen LogP contribution < -0.4 is 10.1 Å². The molecule has 0 saturated carbocycles. The normalized spacial score (nSPS) is 11.9. The van der Waals surface area contributed by atoms with Crippen molar-refractivity contribution in [2.24, 2.45) is 0 Å². The van der Waals surface area contributed by atoms with E-state index in [1.54, 1.807) is 18.3 Å². The molecular weight excluding hydrogens is 382 g/mol. The first-order chi connectivity index (χ1) is 10.6. The number of nitrogens with one attached hydrogen (secondary N) is 1. The van der Waals surface area contributed by atoms with Gasteiger partial charge in [-0.05, 0) is 53.6 Å². The summed E-state index contributed by atoms with van der Waals surface area (Å²) in [6.07, 6.45) is -0.497. The summed E-state index contributed by atoms with van der Waals surface area (Å²) in [5.74, 6) is 2.49. The summed E-state index contributed by atoms with van der Waals surface area (Å²) in [6.45, 7) is 2.41. The van der Waals surface area contributed by atoms with E-state index < -0.39 is 6.10 Å². The van der Waals surface area contributed by atoms with E-state index in [4.69, 9.17) is 4.74 Å². The molecule has 0 fully saturated rings. The molecule has 0 aliphatic carbocycles. The summed E-state index contributed by atoms with van der Waals surface area (Å²) in [6, 6.07) is 9.58. The average Bonchev–Trinajstić information content (AvgIpc) is 3.02. The number of halogens is 1. The Bertz CT molecular complexity index is 572. The Balaban J connectivity index is 1.62. The van der Waals surface area contributed by atoms with Gasteiger partial charge >= 0.3 is 0 Å². The topological polar surface area (TPSA) is 38.3 Å². The third kappa shape index (κ3) is 6.02. The van der Waals surface area contributed by atoms with Gasteiger partial charge in [-0.15, -0.1) is 0 Å². The number of carbonyl (C=O) groups is 1. The monoisotopic (exact) mass is 399 g/mol. The lowest BCUT2D eigenvalue weighted by atomic mass is 10.3. The van der Waals surface area contributed by atoms with Crippen molar-refractivity contribution in [1.82, 2.24) is 5.32 Å². The molecule has 1 N–H and O–H groups in total. The van der Waals surface area contributed by atoms with Crippen molar-refractivity contribution in [1.29, 1.82) is 0 Å². The molecule has 2 aromatic rings. The highest BCUT2D eigenvalue weighted by Crippen LogP contribution is 2.17. The van der Waals surface area contributed by atoms with E-state index in [9.17, 15) is 4.79 Å². The van der Waals surface area contributed by atoms with Crippen molar-refractivity contribution in [3.63, 3.8) is 0 Å². The molecule has 1 aromatic carbocycles. The Labute approximate surface area is 147 Å². The maximum atomic E-state index is 12.0. The van der Waals surface area contributed by atoms with Crippen LogP contribution >= 0.6 is 39.0 Å². The number of amides is 1. The number of thioether (sulfide) groups is 1. The van der Waals surface area contributed by atoms with Gasteiger partial charge in [-0.2, -0.15) is 23.1 Å². The van der Waals surface area contributed by atoms with E-state index >= 15 is 0 Å². The maximum absolute atomic E-state index is 12.0. The maximum Gasteiger partial charge on any atom is 0.260 e. The third-order valence-electron chi connectivity index (χ3n) is 2.89. The Kier molecular flexibility index (Phi) is 7.29. The second kappa shape index (κ2) is 9.22. The molecule has 22 heavy (non-hydrogen) atoms. The van der Waals surface area contributed by atoms with Crippen molar-refractivity contribution >= 4 is 44.9 Å². The number of benzene rings is 1. The lowest BCUT2D eigenvalue weighted by molar-refractivity contribution is -0.127. The summed E-state index contributed by atoms with van der Waals surface area (Å²) in [5, 5.41) is 7.14. The van der Waals surface area contributed by atoms with Crippen molar-refractivity contribution in [2.45, 2.75) is 18.8 Å². The molecule has 1 heterocycles. The molecule has 2 rings (SSSR count). The zero-order valence-corrected chi connectivity index (χ0v) is 15.5. The van der Waals surface area contributed by atoms with Crippen LogP contribution in [0.3, 0.4) is 0 Å². The molecule has 0 spiro atoms. The molecule has 1 amide bonds. The summed E-state index contributed by atoms with van der Waals surface area (Å²) in [4.78, 5) is 12.0. The molecular formula is C16H18BrNO2S2. The van der Waals surface area contributed by atoms with Crippen LogP contribution in [0, 0.1) is 0 Å². The predicted molar refractivity (Wildman–Crippen MR) is 97.7 cm³/mol. The summed E-state index contributed by atoms with van der Waals surface area (Å²) >= 11 is 6.89. The van der Waals surface area contributed by atoms with Crippen LogP contribution in [0.25, 0.3) is 0 Å². The van der Waals surface area contributed by atoms with E-state index in [0.29, 0.717) is 12.3 Å². The highest BCUT2D eigenvalue weighted by molar-refractivity contribution is 9.10. The lowest BCUT2D eigenvalue weighted by Gasteiger charge is -2.14. The van der Waals surface area contributed by atoms with Crippen molar-refractivity contribution in [3.8, 4) is 5.75 Å². The molecule has 0 radical (unpaired) electrons. The van der Waals surface area contributed by atoms with Gasteiger partial charge < -0.3 is 10.1 Å². The van der Waals surface area contributed by atoms with Gasteiger partial charge in [-0.3, -0.25) is 4.79 Å². The van der Waals surface area contributed by atoms with Crippen molar-refractivity contribution < 1.29 is 9.53 Å². The first kappa shape index (κ1) is 17.4. The van der Waals surface area contributed by atoms with E-state index in [-0.39, 0.29) is 5.91 Å². The van der Waals surface area contributed by atoms with Crippen molar-refractivity contribution in [2.75, 3.05) is 12.3 Å². The van der Waals surface area contributed by atoms with Crippen LogP contribution in [-0.4, -0.2) is 24.3 Å². The van der Waals surface area contributed by atoms with Gasteiger partial charge in [-0.25, -0.2) is 0 Å². The molecule has 1 unspecified atom stereocenters. The molecule has 118 valence electrons. The third-order valence-corrected chi connectivity index (χ3v) is 5.18. The van der Waals surface area contributed by atoms with Crippen LogP contribution in [0.2, 0.25) is 0 Å². The van der Waals surface area contributed by atoms with Crippen LogP contribution in [0.5, 0.6) is 5.75 Å². The minimum Gasteiger partial charge on any atom is -0.481 e. The highest BCUT2D eigenvalue weighted by Gasteiger charge is 2.13. The van der Waals surface area contributed by atoms with E-state index in [2.05, 4.69) is 38.1 Å². The van der Waals surface area contributed by atoms with Gasteiger partial charge in [0.25, 0.3) is 5.91 Å². The average molecular weight is 400 g/mol. The molecule has 0 aliphatic heterocycles. The Morgan fingerprint density at radius 1 is 1.36 bits per heavy atom. The highest BCUT2D eigenvalue weighted by atomic mass is 79.9. The van der Waals surface area contributed by atoms with Gasteiger partial charge in [0.15, 0.2) is 6.10 Å². The van der Waals surface area contributed by atoms with Gasteiger partial charge in [0, 0.05) is 22.5 Å².